The number of hydrogen-bond donors (Lipinski definition) is 3. The molecule has 90 valence electrons. The van der Waals surface area contributed by atoms with Crippen molar-refractivity contribution in [2.75, 3.05) is 19.4 Å². The standard InChI is InChI=1S/C11H24N2OS/c1-8(11(7-14)15-2)13-10-5-3-4-9(10)6-12/h8-11,13-14H,3-7,12H2,1-2H3. The highest BCUT2D eigenvalue weighted by atomic mass is 32.2. The number of rotatable bonds is 6. The van der Waals surface area contributed by atoms with Crippen molar-refractivity contribution in [2.24, 2.45) is 11.7 Å². The summed E-state index contributed by atoms with van der Waals surface area (Å²) in [5.41, 5.74) is 5.75. The van der Waals surface area contributed by atoms with Crippen LogP contribution in [0.1, 0.15) is 26.2 Å². The summed E-state index contributed by atoms with van der Waals surface area (Å²) in [6.45, 7) is 3.19. The van der Waals surface area contributed by atoms with Crippen LogP contribution in [0.5, 0.6) is 0 Å². The maximum absolute atomic E-state index is 9.21. The summed E-state index contributed by atoms with van der Waals surface area (Å²) in [5, 5.41) is 13.1. The Morgan fingerprint density at radius 3 is 2.80 bits per heavy atom. The van der Waals surface area contributed by atoms with Gasteiger partial charge in [0, 0.05) is 17.3 Å². The summed E-state index contributed by atoms with van der Waals surface area (Å²) < 4.78 is 0. The van der Waals surface area contributed by atoms with Gasteiger partial charge in [0.25, 0.3) is 0 Å². The summed E-state index contributed by atoms with van der Waals surface area (Å²) in [5.74, 6) is 0.633. The normalized spacial score (nSPS) is 30.4. The minimum Gasteiger partial charge on any atom is -0.395 e. The highest BCUT2D eigenvalue weighted by Gasteiger charge is 2.28. The second-order valence-corrected chi connectivity index (χ2v) is 5.52. The molecule has 4 unspecified atom stereocenters. The third kappa shape index (κ3) is 3.63. The Morgan fingerprint density at radius 1 is 1.53 bits per heavy atom. The SMILES string of the molecule is CSC(CO)C(C)NC1CCCC1CN. The number of hydrogen-bond acceptors (Lipinski definition) is 4. The van der Waals surface area contributed by atoms with Crippen LogP contribution in [0.4, 0.5) is 0 Å². The summed E-state index contributed by atoms with van der Waals surface area (Å²) in [4.78, 5) is 0. The molecule has 0 bridgehead atoms. The Kier molecular flexibility index (Phi) is 5.97. The number of nitrogens with two attached hydrogens (primary N) is 1. The van der Waals surface area contributed by atoms with E-state index in [1.54, 1.807) is 11.8 Å². The average Bonchev–Trinajstić information content (AvgIpc) is 2.67. The van der Waals surface area contributed by atoms with Crippen molar-refractivity contribution in [1.82, 2.24) is 5.32 Å². The first-order valence-corrected chi connectivity index (χ1v) is 7.11. The molecule has 0 heterocycles. The summed E-state index contributed by atoms with van der Waals surface area (Å²) in [6, 6.07) is 0.924. The van der Waals surface area contributed by atoms with Crippen molar-refractivity contribution in [3.05, 3.63) is 0 Å². The van der Waals surface area contributed by atoms with Crippen molar-refractivity contribution in [1.29, 1.82) is 0 Å². The molecule has 0 spiro atoms. The third-order valence-electron chi connectivity index (χ3n) is 3.48. The second-order valence-electron chi connectivity index (χ2n) is 4.45. The molecular formula is C11H24N2OS. The van der Waals surface area contributed by atoms with Gasteiger partial charge >= 0.3 is 0 Å². The van der Waals surface area contributed by atoms with Gasteiger partial charge in [-0.15, -0.1) is 0 Å². The Morgan fingerprint density at radius 2 is 2.27 bits per heavy atom. The summed E-state index contributed by atoms with van der Waals surface area (Å²) >= 11 is 1.73. The molecule has 0 saturated heterocycles. The molecule has 0 amide bonds. The van der Waals surface area contributed by atoms with Crippen molar-refractivity contribution in [3.8, 4) is 0 Å². The molecule has 0 aromatic rings. The fourth-order valence-electron chi connectivity index (χ4n) is 2.42. The van der Waals surface area contributed by atoms with Gasteiger partial charge < -0.3 is 16.2 Å². The molecule has 3 nitrogen and oxygen atoms in total. The van der Waals surface area contributed by atoms with Gasteiger partial charge in [0.2, 0.25) is 0 Å². The van der Waals surface area contributed by atoms with Crippen LogP contribution in [0.25, 0.3) is 0 Å². The van der Waals surface area contributed by atoms with Gasteiger partial charge in [-0.2, -0.15) is 11.8 Å². The Labute approximate surface area is 97.2 Å². The van der Waals surface area contributed by atoms with E-state index in [2.05, 4.69) is 12.2 Å². The predicted molar refractivity (Wildman–Crippen MR) is 67.2 cm³/mol. The molecule has 1 saturated carbocycles. The largest absolute Gasteiger partial charge is 0.395 e. The van der Waals surface area contributed by atoms with Crippen LogP contribution in [0.3, 0.4) is 0 Å². The topological polar surface area (TPSA) is 58.3 Å². The van der Waals surface area contributed by atoms with Crippen LogP contribution in [0.2, 0.25) is 0 Å². The Bertz CT molecular complexity index is 176. The van der Waals surface area contributed by atoms with Crippen molar-refractivity contribution < 1.29 is 5.11 Å². The molecule has 0 aliphatic heterocycles. The van der Waals surface area contributed by atoms with Crippen LogP contribution in [-0.4, -0.2) is 41.8 Å². The van der Waals surface area contributed by atoms with Crippen LogP contribution in [0.15, 0.2) is 0 Å². The van der Waals surface area contributed by atoms with Crippen LogP contribution in [-0.2, 0) is 0 Å². The second kappa shape index (κ2) is 6.74. The van der Waals surface area contributed by atoms with E-state index in [1.807, 2.05) is 6.26 Å². The van der Waals surface area contributed by atoms with E-state index in [-0.39, 0.29) is 6.61 Å². The molecule has 4 heteroatoms. The van der Waals surface area contributed by atoms with Crippen LogP contribution in [0, 0.1) is 5.92 Å². The van der Waals surface area contributed by atoms with E-state index in [0.717, 1.165) is 6.54 Å². The zero-order chi connectivity index (χ0) is 11.3. The minimum atomic E-state index is 0.245. The van der Waals surface area contributed by atoms with Gasteiger partial charge in [0.15, 0.2) is 0 Å². The highest BCUT2D eigenvalue weighted by Crippen LogP contribution is 2.25. The summed E-state index contributed by atoms with van der Waals surface area (Å²) in [7, 11) is 0. The van der Waals surface area contributed by atoms with E-state index in [4.69, 9.17) is 5.73 Å². The first-order valence-electron chi connectivity index (χ1n) is 5.82. The fraction of sp³-hybridized carbons (Fsp3) is 1.00. The lowest BCUT2D eigenvalue weighted by molar-refractivity contribution is 0.263. The van der Waals surface area contributed by atoms with Gasteiger partial charge in [0.05, 0.1) is 6.61 Å². The van der Waals surface area contributed by atoms with E-state index in [1.165, 1.54) is 19.3 Å². The zero-order valence-corrected chi connectivity index (χ0v) is 10.6. The minimum absolute atomic E-state index is 0.245. The Hall–Kier alpha value is 0.230. The fourth-order valence-corrected chi connectivity index (χ4v) is 3.06. The van der Waals surface area contributed by atoms with Gasteiger partial charge in [-0.3, -0.25) is 0 Å². The molecule has 15 heavy (non-hydrogen) atoms. The highest BCUT2D eigenvalue weighted by molar-refractivity contribution is 7.99. The quantitative estimate of drug-likeness (QED) is 0.634. The molecule has 0 aromatic heterocycles. The smallest absolute Gasteiger partial charge is 0.0564 e. The molecular weight excluding hydrogens is 208 g/mol. The molecule has 4 atom stereocenters. The van der Waals surface area contributed by atoms with Gasteiger partial charge in [-0.25, -0.2) is 0 Å². The molecule has 0 radical (unpaired) electrons. The average molecular weight is 232 g/mol. The first kappa shape index (κ1) is 13.3. The molecule has 0 aromatic carbocycles. The molecule has 4 N–H and O–H groups in total. The van der Waals surface area contributed by atoms with Crippen LogP contribution >= 0.6 is 11.8 Å². The van der Waals surface area contributed by atoms with E-state index >= 15 is 0 Å². The first-order chi connectivity index (χ1) is 7.22. The van der Waals surface area contributed by atoms with Crippen molar-refractivity contribution in [3.63, 3.8) is 0 Å². The predicted octanol–water partition coefficient (Wildman–Crippen LogP) is 0.816. The number of nitrogens with one attached hydrogen (secondary N) is 1. The van der Waals surface area contributed by atoms with Gasteiger partial charge in [-0.1, -0.05) is 6.42 Å². The lowest BCUT2D eigenvalue weighted by Gasteiger charge is -2.28. The van der Waals surface area contributed by atoms with E-state index in [0.29, 0.717) is 23.3 Å². The van der Waals surface area contributed by atoms with E-state index in [9.17, 15) is 5.11 Å². The number of aliphatic hydroxyl groups is 1. The van der Waals surface area contributed by atoms with E-state index < -0.39 is 0 Å². The number of thioether (sulfide) groups is 1. The maximum Gasteiger partial charge on any atom is 0.0564 e. The lowest BCUT2D eigenvalue weighted by Crippen LogP contribution is -2.46. The molecule has 1 rings (SSSR count). The van der Waals surface area contributed by atoms with Gasteiger partial charge in [0.1, 0.15) is 0 Å². The van der Waals surface area contributed by atoms with Gasteiger partial charge in [-0.05, 0) is 38.5 Å². The third-order valence-corrected chi connectivity index (χ3v) is 4.64. The van der Waals surface area contributed by atoms with Crippen LogP contribution < -0.4 is 11.1 Å². The van der Waals surface area contributed by atoms with Crippen molar-refractivity contribution in [2.45, 2.75) is 43.5 Å². The lowest BCUT2D eigenvalue weighted by atomic mass is 10.0. The Balaban J connectivity index is 2.39. The van der Waals surface area contributed by atoms with Crippen molar-refractivity contribution >= 4 is 11.8 Å². The molecule has 1 aliphatic rings. The summed E-state index contributed by atoms with van der Waals surface area (Å²) in [6.07, 6.45) is 5.83. The molecule has 1 aliphatic carbocycles. The number of aliphatic hydroxyl groups excluding tert-OH is 1. The molecule has 1 fully saturated rings. The zero-order valence-electron chi connectivity index (χ0n) is 9.78. The maximum atomic E-state index is 9.21. The monoisotopic (exact) mass is 232 g/mol.